The molecule has 2 aromatic heterocycles. The van der Waals surface area contributed by atoms with Crippen LogP contribution in [0.5, 0.6) is 0 Å². The van der Waals surface area contributed by atoms with Gasteiger partial charge in [0.05, 0.1) is 12.1 Å². The third-order valence-electron chi connectivity index (χ3n) is 7.96. The van der Waals surface area contributed by atoms with Crippen molar-refractivity contribution in [3.63, 3.8) is 0 Å². The van der Waals surface area contributed by atoms with Crippen LogP contribution in [0.25, 0.3) is 10.9 Å². The number of aromatic nitrogens is 2. The van der Waals surface area contributed by atoms with Crippen LogP contribution in [-0.2, 0) is 27.2 Å². The number of carbonyl (C=O) groups is 3. The smallest absolute Gasteiger partial charge is 0.251 e. The standard InChI is InChI=1S/C27H31N5O5/c1-13-5-6-19-15(7-13)9-16(25(35)29-19)10-20(24(28)34)30-26(36)23-22-18(27(22,3)4)12-32(23)21(33)11-17-8-14(2)31-37-17/h5-9,18,20,22-23H,10-12H2,1-4H3,(H2,28,34)(H,29,35)(H,30,36)/t18-,20-,22-,23-/m0/s1. The van der Waals surface area contributed by atoms with Crippen molar-refractivity contribution >= 4 is 28.6 Å². The summed E-state index contributed by atoms with van der Waals surface area (Å²) in [5.41, 5.74) is 7.92. The van der Waals surface area contributed by atoms with Crippen LogP contribution in [0.1, 0.15) is 36.4 Å². The van der Waals surface area contributed by atoms with Crippen molar-refractivity contribution in [3.8, 4) is 0 Å². The molecule has 3 amide bonds. The first-order chi connectivity index (χ1) is 17.5. The van der Waals surface area contributed by atoms with Gasteiger partial charge in [0.25, 0.3) is 5.56 Å². The van der Waals surface area contributed by atoms with Crippen molar-refractivity contribution in [3.05, 3.63) is 63.3 Å². The molecule has 4 N–H and O–H groups in total. The number of rotatable bonds is 7. The fourth-order valence-electron chi connectivity index (χ4n) is 5.82. The van der Waals surface area contributed by atoms with Crippen LogP contribution in [0.3, 0.4) is 0 Å². The molecule has 1 aromatic carbocycles. The molecule has 1 saturated carbocycles. The first kappa shape index (κ1) is 24.7. The van der Waals surface area contributed by atoms with Crippen molar-refractivity contribution in [2.24, 2.45) is 23.0 Å². The van der Waals surface area contributed by atoms with Gasteiger partial charge < -0.3 is 25.5 Å². The van der Waals surface area contributed by atoms with Gasteiger partial charge in [-0.15, -0.1) is 0 Å². The number of primary amides is 1. The van der Waals surface area contributed by atoms with Gasteiger partial charge in [0.2, 0.25) is 17.7 Å². The first-order valence-corrected chi connectivity index (χ1v) is 12.4. The molecule has 10 nitrogen and oxygen atoms in total. The predicted octanol–water partition coefficient (Wildman–Crippen LogP) is 1.37. The highest BCUT2D eigenvalue weighted by Gasteiger charge is 2.69. The van der Waals surface area contributed by atoms with Gasteiger partial charge in [-0.3, -0.25) is 19.2 Å². The molecule has 3 heterocycles. The normalized spacial score (nSPS) is 22.5. The van der Waals surface area contributed by atoms with E-state index in [1.165, 1.54) is 0 Å². The third kappa shape index (κ3) is 4.52. The van der Waals surface area contributed by atoms with Crippen LogP contribution < -0.4 is 16.6 Å². The number of benzene rings is 1. The summed E-state index contributed by atoms with van der Waals surface area (Å²) in [5, 5.41) is 7.39. The molecule has 0 bridgehead atoms. The number of carbonyl (C=O) groups excluding carboxylic acids is 3. The summed E-state index contributed by atoms with van der Waals surface area (Å²) >= 11 is 0. The van der Waals surface area contributed by atoms with Gasteiger partial charge in [-0.2, -0.15) is 0 Å². The molecule has 3 aromatic rings. The molecule has 4 atom stereocenters. The van der Waals surface area contributed by atoms with E-state index in [4.69, 9.17) is 10.3 Å². The molecule has 1 aliphatic carbocycles. The molecule has 37 heavy (non-hydrogen) atoms. The van der Waals surface area contributed by atoms with Crippen molar-refractivity contribution in [1.82, 2.24) is 20.4 Å². The topological polar surface area (TPSA) is 151 Å². The van der Waals surface area contributed by atoms with Crippen molar-refractivity contribution in [2.45, 2.75) is 52.6 Å². The van der Waals surface area contributed by atoms with E-state index in [0.29, 0.717) is 29.1 Å². The summed E-state index contributed by atoms with van der Waals surface area (Å²) in [6.07, 6.45) is -0.0641. The number of nitrogens with two attached hydrogens (primary N) is 1. The minimum absolute atomic E-state index is 0.00435. The van der Waals surface area contributed by atoms with E-state index in [2.05, 4.69) is 29.3 Å². The maximum Gasteiger partial charge on any atom is 0.251 e. The Morgan fingerprint density at radius 2 is 2.00 bits per heavy atom. The molecule has 5 rings (SSSR count). The predicted molar refractivity (Wildman–Crippen MR) is 135 cm³/mol. The van der Waals surface area contributed by atoms with E-state index in [0.717, 1.165) is 10.9 Å². The molecule has 1 saturated heterocycles. The Bertz CT molecular complexity index is 1470. The number of fused-ring (bicyclic) bond motifs is 2. The second kappa shape index (κ2) is 8.86. The molecule has 1 aliphatic heterocycles. The van der Waals surface area contributed by atoms with Gasteiger partial charge in [-0.05, 0) is 54.7 Å². The Morgan fingerprint density at radius 1 is 1.24 bits per heavy atom. The second-order valence-electron chi connectivity index (χ2n) is 10.9. The minimum Gasteiger partial charge on any atom is -0.368 e. The van der Waals surface area contributed by atoms with Gasteiger partial charge in [0, 0.05) is 30.1 Å². The molecule has 0 unspecified atom stereocenters. The van der Waals surface area contributed by atoms with E-state index in [9.17, 15) is 19.2 Å². The SMILES string of the molecule is Cc1ccc2[nH]c(=O)c(C[C@H](NC(=O)[C@@H]3[C@@H]4[C@H](CN3C(=O)Cc3cc(C)no3)C4(C)C)C(N)=O)cc2c1. The number of nitrogens with zero attached hydrogens (tertiary/aromatic N) is 2. The molecule has 2 aliphatic rings. The number of piperidine rings is 1. The van der Waals surface area contributed by atoms with Crippen LogP contribution >= 0.6 is 0 Å². The van der Waals surface area contributed by atoms with Gasteiger partial charge >= 0.3 is 0 Å². The lowest BCUT2D eigenvalue weighted by Gasteiger charge is -2.31. The van der Waals surface area contributed by atoms with Crippen LogP contribution in [0.4, 0.5) is 0 Å². The fraction of sp³-hybridized carbons (Fsp3) is 0.444. The molecule has 10 heteroatoms. The van der Waals surface area contributed by atoms with Crippen LogP contribution in [0.2, 0.25) is 0 Å². The van der Waals surface area contributed by atoms with Gasteiger partial charge in [0.1, 0.15) is 17.8 Å². The number of hydrogen-bond acceptors (Lipinski definition) is 6. The summed E-state index contributed by atoms with van der Waals surface area (Å²) in [4.78, 5) is 56.1. The van der Waals surface area contributed by atoms with Crippen molar-refractivity contribution in [2.75, 3.05) is 6.54 Å². The summed E-state index contributed by atoms with van der Waals surface area (Å²) < 4.78 is 5.19. The lowest BCUT2D eigenvalue weighted by Crippen LogP contribution is -2.55. The number of nitrogens with one attached hydrogen (secondary N) is 2. The average molecular weight is 506 g/mol. The Hall–Kier alpha value is -3.95. The number of pyridine rings is 1. The molecule has 0 radical (unpaired) electrons. The van der Waals surface area contributed by atoms with Crippen LogP contribution in [-0.4, -0.2) is 51.4 Å². The van der Waals surface area contributed by atoms with Crippen molar-refractivity contribution < 1.29 is 18.9 Å². The zero-order valence-corrected chi connectivity index (χ0v) is 21.3. The fourth-order valence-corrected chi connectivity index (χ4v) is 5.82. The second-order valence-corrected chi connectivity index (χ2v) is 10.9. The monoisotopic (exact) mass is 505 g/mol. The van der Waals surface area contributed by atoms with E-state index >= 15 is 0 Å². The number of hydrogen-bond donors (Lipinski definition) is 3. The lowest BCUT2D eigenvalue weighted by atomic mass is 9.99. The molecule has 2 fully saturated rings. The highest BCUT2D eigenvalue weighted by atomic mass is 16.5. The summed E-state index contributed by atoms with van der Waals surface area (Å²) in [6.45, 7) is 8.32. The molecular formula is C27H31N5O5. The first-order valence-electron chi connectivity index (χ1n) is 12.4. The highest BCUT2D eigenvalue weighted by molar-refractivity contribution is 5.93. The molecule has 194 valence electrons. The molecular weight excluding hydrogens is 474 g/mol. The van der Waals surface area contributed by atoms with E-state index in [1.807, 2.05) is 25.1 Å². The summed E-state index contributed by atoms with van der Waals surface area (Å²) in [7, 11) is 0. The lowest BCUT2D eigenvalue weighted by molar-refractivity contribution is -0.141. The number of likely N-dealkylation sites (tertiary alicyclic amines) is 1. The minimum atomic E-state index is -1.11. The number of aryl methyl sites for hydroxylation is 2. The summed E-state index contributed by atoms with van der Waals surface area (Å²) in [5.74, 6) is -0.858. The number of amides is 3. The Morgan fingerprint density at radius 3 is 2.68 bits per heavy atom. The highest BCUT2D eigenvalue weighted by Crippen LogP contribution is 2.64. The van der Waals surface area contributed by atoms with Gasteiger partial charge in [0.15, 0.2) is 0 Å². The van der Waals surface area contributed by atoms with Gasteiger partial charge in [-0.25, -0.2) is 0 Å². The molecule has 0 spiro atoms. The largest absolute Gasteiger partial charge is 0.368 e. The average Bonchev–Trinajstić information content (AvgIpc) is 3.18. The Labute approximate surface area is 213 Å². The zero-order valence-electron chi connectivity index (χ0n) is 21.3. The zero-order chi connectivity index (χ0) is 26.6. The number of H-pyrrole nitrogens is 1. The summed E-state index contributed by atoms with van der Waals surface area (Å²) in [6, 6.07) is 7.22. The maximum atomic E-state index is 13.6. The maximum absolute atomic E-state index is 13.6. The van der Waals surface area contributed by atoms with Crippen LogP contribution in [0, 0.1) is 31.1 Å². The van der Waals surface area contributed by atoms with Crippen molar-refractivity contribution in [1.29, 1.82) is 0 Å². The number of aromatic amines is 1. The Kier molecular flexibility index (Phi) is 5.92. The quantitative estimate of drug-likeness (QED) is 0.441. The van der Waals surface area contributed by atoms with E-state index in [1.54, 1.807) is 24.0 Å². The van der Waals surface area contributed by atoms with E-state index < -0.39 is 23.9 Å². The van der Waals surface area contributed by atoms with E-state index in [-0.39, 0.29) is 41.6 Å². The third-order valence-corrected chi connectivity index (χ3v) is 7.96. The Balaban J connectivity index is 1.36. The van der Waals surface area contributed by atoms with Crippen LogP contribution in [0.15, 0.2) is 39.6 Å². The van der Waals surface area contributed by atoms with Gasteiger partial charge in [-0.1, -0.05) is 30.6 Å².